The first-order valence-corrected chi connectivity index (χ1v) is 7.94. The topological polar surface area (TPSA) is 92.4 Å². The molecule has 3 rings (SSSR count). The molecular formula is C17H22N2O3. The van der Waals surface area contributed by atoms with Crippen molar-refractivity contribution in [2.45, 2.75) is 38.5 Å². The molecule has 0 heterocycles. The first-order valence-electron chi connectivity index (χ1n) is 7.94. The van der Waals surface area contributed by atoms with Gasteiger partial charge in [-0.3, -0.25) is 9.59 Å². The average molecular weight is 302 g/mol. The summed E-state index contributed by atoms with van der Waals surface area (Å²) in [7, 11) is 0. The van der Waals surface area contributed by atoms with E-state index in [0.29, 0.717) is 18.0 Å². The first kappa shape index (κ1) is 14.9. The summed E-state index contributed by atoms with van der Waals surface area (Å²) in [4.78, 5) is 24.5. The number of nitrogens with one attached hydrogen (secondary N) is 1. The molecule has 2 unspecified atom stereocenters. The summed E-state index contributed by atoms with van der Waals surface area (Å²) in [5, 5.41) is 12.0. The third-order valence-electron chi connectivity index (χ3n) is 5.20. The fourth-order valence-corrected chi connectivity index (χ4v) is 3.84. The second kappa shape index (κ2) is 5.63. The second-order valence-electron chi connectivity index (χ2n) is 6.55. The van der Waals surface area contributed by atoms with Crippen LogP contribution in [0.1, 0.15) is 38.5 Å². The molecular weight excluding hydrogens is 280 g/mol. The molecule has 1 aromatic rings. The number of phenols is 1. The summed E-state index contributed by atoms with van der Waals surface area (Å²) in [6, 6.07) is 6.22. The van der Waals surface area contributed by atoms with Gasteiger partial charge in [-0.2, -0.15) is 0 Å². The van der Waals surface area contributed by atoms with Crippen LogP contribution < -0.4 is 11.1 Å². The van der Waals surface area contributed by atoms with Crippen molar-refractivity contribution in [2.24, 2.45) is 23.0 Å². The Hall–Kier alpha value is -2.04. The Bertz CT molecular complexity index is 578. The molecule has 0 bridgehead atoms. The number of benzene rings is 1. The summed E-state index contributed by atoms with van der Waals surface area (Å²) >= 11 is 0. The lowest BCUT2D eigenvalue weighted by Gasteiger charge is -2.24. The quantitative estimate of drug-likeness (QED) is 0.589. The van der Waals surface area contributed by atoms with E-state index in [9.17, 15) is 14.7 Å². The van der Waals surface area contributed by atoms with E-state index in [4.69, 9.17) is 5.73 Å². The van der Waals surface area contributed by atoms with E-state index in [2.05, 4.69) is 5.32 Å². The molecule has 2 atom stereocenters. The van der Waals surface area contributed by atoms with Gasteiger partial charge in [-0.15, -0.1) is 0 Å². The zero-order valence-electron chi connectivity index (χ0n) is 12.5. The number of hydrogen-bond acceptors (Lipinski definition) is 3. The highest BCUT2D eigenvalue weighted by molar-refractivity contribution is 6.13. The summed E-state index contributed by atoms with van der Waals surface area (Å²) in [6.45, 7) is 0. The van der Waals surface area contributed by atoms with Crippen molar-refractivity contribution >= 4 is 17.5 Å². The van der Waals surface area contributed by atoms with Crippen LogP contribution in [-0.4, -0.2) is 16.9 Å². The third kappa shape index (κ3) is 2.56. The van der Waals surface area contributed by atoms with Crippen LogP contribution in [0.5, 0.6) is 5.75 Å². The van der Waals surface area contributed by atoms with Crippen molar-refractivity contribution in [2.75, 3.05) is 5.32 Å². The molecule has 0 saturated heterocycles. The molecule has 2 amide bonds. The summed E-state index contributed by atoms with van der Waals surface area (Å²) in [5.74, 6) is -0.163. The zero-order chi connectivity index (χ0) is 15.7. The minimum atomic E-state index is -1.04. The number of nitrogens with two attached hydrogens (primary N) is 1. The number of phenolic OH excluding ortho intramolecular Hbond substituents is 1. The van der Waals surface area contributed by atoms with Gasteiger partial charge in [0.1, 0.15) is 11.2 Å². The van der Waals surface area contributed by atoms with E-state index in [1.807, 2.05) is 0 Å². The van der Waals surface area contributed by atoms with Crippen LogP contribution in [0, 0.1) is 17.3 Å². The van der Waals surface area contributed by atoms with Crippen LogP contribution in [-0.2, 0) is 9.59 Å². The maximum absolute atomic E-state index is 12.6. The van der Waals surface area contributed by atoms with Gasteiger partial charge in [0.25, 0.3) is 0 Å². The normalized spacial score (nSPS) is 28.1. The fraction of sp³-hybridized carbons (Fsp3) is 0.529. The predicted molar refractivity (Wildman–Crippen MR) is 83.0 cm³/mol. The smallest absolute Gasteiger partial charge is 0.240 e. The Balaban J connectivity index is 1.73. The summed E-state index contributed by atoms with van der Waals surface area (Å²) in [6.07, 6.45) is 6.34. The average Bonchev–Trinajstić information content (AvgIpc) is 3.27. The van der Waals surface area contributed by atoms with Gasteiger partial charge >= 0.3 is 0 Å². The molecule has 0 aromatic heterocycles. The van der Waals surface area contributed by atoms with Gasteiger partial charge in [-0.05, 0) is 42.5 Å². The van der Waals surface area contributed by atoms with Gasteiger partial charge < -0.3 is 16.2 Å². The van der Waals surface area contributed by atoms with Crippen molar-refractivity contribution in [1.29, 1.82) is 0 Å². The van der Waals surface area contributed by atoms with Gasteiger partial charge in [0.15, 0.2) is 0 Å². The van der Waals surface area contributed by atoms with Gasteiger partial charge in [0.05, 0.1) is 0 Å². The number of rotatable bonds is 4. The standard InChI is InChI=1S/C17H22N2O3/c18-15(21)17(10-14(17)11-4-2-1-3-5-11)16(22)19-12-6-8-13(20)9-7-12/h6-9,11,14,20H,1-5,10H2,(H2,18,21)(H,19,22). The van der Waals surface area contributed by atoms with E-state index < -0.39 is 11.3 Å². The number of anilines is 1. The summed E-state index contributed by atoms with van der Waals surface area (Å²) in [5.41, 5.74) is 5.09. The van der Waals surface area contributed by atoms with Crippen LogP contribution in [0.15, 0.2) is 24.3 Å². The number of carbonyl (C=O) groups is 2. The van der Waals surface area contributed by atoms with Crippen LogP contribution in [0.3, 0.4) is 0 Å². The van der Waals surface area contributed by atoms with E-state index >= 15 is 0 Å². The second-order valence-corrected chi connectivity index (χ2v) is 6.55. The molecule has 5 heteroatoms. The van der Waals surface area contributed by atoms with E-state index in [0.717, 1.165) is 12.8 Å². The number of amides is 2. The fourth-order valence-electron chi connectivity index (χ4n) is 3.84. The SMILES string of the molecule is NC(=O)C1(C(=O)Nc2ccc(O)cc2)CC1C1CCCCC1. The van der Waals surface area contributed by atoms with Gasteiger partial charge in [0.2, 0.25) is 11.8 Å². The molecule has 2 saturated carbocycles. The Morgan fingerprint density at radius 2 is 1.77 bits per heavy atom. The van der Waals surface area contributed by atoms with Crippen molar-refractivity contribution in [3.05, 3.63) is 24.3 Å². The monoisotopic (exact) mass is 302 g/mol. The van der Waals surface area contributed by atoms with Crippen molar-refractivity contribution in [3.63, 3.8) is 0 Å². The molecule has 1 aromatic carbocycles. The Labute approximate surface area is 129 Å². The highest BCUT2D eigenvalue weighted by Crippen LogP contribution is 2.59. The molecule has 4 N–H and O–H groups in total. The van der Waals surface area contributed by atoms with Crippen molar-refractivity contribution in [1.82, 2.24) is 0 Å². The number of carbonyl (C=O) groups excluding carboxylic acids is 2. The predicted octanol–water partition coefficient (Wildman–Crippen LogP) is 2.40. The van der Waals surface area contributed by atoms with Crippen LogP contribution in [0.25, 0.3) is 0 Å². The lowest BCUT2D eigenvalue weighted by Crippen LogP contribution is -2.39. The van der Waals surface area contributed by atoms with E-state index in [1.165, 1.54) is 31.4 Å². The molecule has 118 valence electrons. The number of aromatic hydroxyl groups is 1. The minimum Gasteiger partial charge on any atom is -0.508 e. The molecule has 2 fully saturated rings. The molecule has 2 aliphatic carbocycles. The Morgan fingerprint density at radius 3 is 2.36 bits per heavy atom. The number of hydrogen-bond donors (Lipinski definition) is 3. The molecule has 0 spiro atoms. The first-order chi connectivity index (χ1) is 10.5. The lowest BCUT2D eigenvalue weighted by atomic mass is 9.82. The van der Waals surface area contributed by atoms with Crippen LogP contribution in [0.2, 0.25) is 0 Å². The van der Waals surface area contributed by atoms with Gasteiger partial charge in [-0.1, -0.05) is 32.1 Å². The summed E-state index contributed by atoms with van der Waals surface area (Å²) < 4.78 is 0. The molecule has 22 heavy (non-hydrogen) atoms. The Morgan fingerprint density at radius 1 is 1.14 bits per heavy atom. The van der Waals surface area contributed by atoms with Gasteiger partial charge in [0, 0.05) is 5.69 Å². The largest absolute Gasteiger partial charge is 0.508 e. The van der Waals surface area contributed by atoms with E-state index in [1.54, 1.807) is 12.1 Å². The van der Waals surface area contributed by atoms with Crippen molar-refractivity contribution in [3.8, 4) is 5.75 Å². The molecule has 2 aliphatic rings. The molecule has 0 aliphatic heterocycles. The molecule has 5 nitrogen and oxygen atoms in total. The van der Waals surface area contributed by atoms with E-state index in [-0.39, 0.29) is 17.6 Å². The van der Waals surface area contributed by atoms with Gasteiger partial charge in [-0.25, -0.2) is 0 Å². The Kier molecular flexibility index (Phi) is 3.81. The van der Waals surface area contributed by atoms with Crippen LogP contribution in [0.4, 0.5) is 5.69 Å². The maximum atomic E-state index is 12.6. The van der Waals surface area contributed by atoms with Crippen molar-refractivity contribution < 1.29 is 14.7 Å². The zero-order valence-corrected chi connectivity index (χ0v) is 12.5. The minimum absolute atomic E-state index is 0.0856. The number of primary amides is 1. The van der Waals surface area contributed by atoms with Crippen LogP contribution >= 0.6 is 0 Å². The highest BCUT2D eigenvalue weighted by Gasteiger charge is 2.66. The highest BCUT2D eigenvalue weighted by atomic mass is 16.3. The molecule has 0 radical (unpaired) electrons. The maximum Gasteiger partial charge on any atom is 0.240 e. The lowest BCUT2D eigenvalue weighted by molar-refractivity contribution is -0.133. The third-order valence-corrected chi connectivity index (χ3v) is 5.20.